The summed E-state index contributed by atoms with van der Waals surface area (Å²) in [6.07, 6.45) is 0.0832. The van der Waals surface area contributed by atoms with Crippen LogP contribution >= 0.6 is 0 Å². The van der Waals surface area contributed by atoms with Crippen molar-refractivity contribution in [2.24, 2.45) is 0 Å². The zero-order valence-corrected chi connectivity index (χ0v) is 13.5. The Balaban J connectivity index is 2.68. The second-order valence-corrected chi connectivity index (χ2v) is 5.52. The van der Waals surface area contributed by atoms with E-state index in [-0.39, 0.29) is 16.8 Å². The number of hydrogen-bond acceptors (Lipinski definition) is 3. The number of pyridine rings is 1. The van der Waals surface area contributed by atoms with Crippen molar-refractivity contribution >= 4 is 16.9 Å². The van der Waals surface area contributed by atoms with Crippen LogP contribution in [0.2, 0.25) is 0 Å². The zero-order valence-electron chi connectivity index (χ0n) is 13.5. The lowest BCUT2D eigenvalue weighted by Gasteiger charge is -2.16. The molecule has 5 nitrogen and oxygen atoms in total. The molecule has 3 aromatic rings. The van der Waals surface area contributed by atoms with Crippen molar-refractivity contribution in [2.75, 3.05) is 0 Å². The Bertz CT molecular complexity index is 1310. The van der Waals surface area contributed by atoms with Crippen LogP contribution in [0.3, 0.4) is 0 Å². The van der Waals surface area contributed by atoms with E-state index in [0.717, 1.165) is 6.07 Å². The van der Waals surface area contributed by atoms with Crippen molar-refractivity contribution in [2.45, 2.75) is 0 Å². The zero-order chi connectivity index (χ0) is 21.8. The molecule has 0 aliphatic carbocycles. The van der Waals surface area contributed by atoms with Gasteiger partial charge in [-0.05, 0) is 6.07 Å². The molecular weight excluding hydrogens is 413 g/mol. The molecule has 0 radical (unpaired) electrons. The van der Waals surface area contributed by atoms with E-state index in [2.05, 4.69) is 0 Å². The molecule has 0 saturated carbocycles. The summed E-state index contributed by atoms with van der Waals surface area (Å²) in [5, 5.41) is 16.5. The van der Waals surface area contributed by atoms with E-state index in [1.54, 1.807) is 0 Å². The van der Waals surface area contributed by atoms with Gasteiger partial charge in [-0.25, -0.2) is 35.5 Å². The molecule has 0 unspecified atom stereocenters. The number of fused-ring (bicyclic) bond motifs is 1. The number of nitrogens with zero attached hydrogens (tertiary/aromatic N) is 2. The number of nitriles is 1. The maximum atomic E-state index is 14.4. The lowest BCUT2D eigenvalue weighted by Crippen LogP contribution is -2.21. The highest BCUT2D eigenvalue weighted by molar-refractivity contribution is 5.93. The minimum absolute atomic E-state index is 0.0607. The number of halogens is 7. The smallest absolute Gasteiger partial charge is 0.341 e. The van der Waals surface area contributed by atoms with Gasteiger partial charge >= 0.3 is 5.97 Å². The highest BCUT2D eigenvalue weighted by Gasteiger charge is 2.30. The molecule has 0 aliphatic rings. The van der Waals surface area contributed by atoms with E-state index in [4.69, 9.17) is 10.4 Å². The Morgan fingerprint density at radius 3 is 1.97 bits per heavy atom. The molecule has 0 fully saturated rings. The maximum absolute atomic E-state index is 14.4. The molecule has 0 aliphatic heterocycles. The summed E-state index contributed by atoms with van der Waals surface area (Å²) in [4.78, 5) is 23.4. The van der Waals surface area contributed by atoms with E-state index in [1.807, 2.05) is 0 Å². The third-order valence-corrected chi connectivity index (χ3v) is 3.95. The summed E-state index contributed by atoms with van der Waals surface area (Å²) in [6, 6.07) is 0.921. The van der Waals surface area contributed by atoms with Crippen LogP contribution in [0.1, 0.15) is 15.9 Å². The van der Waals surface area contributed by atoms with Crippen LogP contribution in [0.5, 0.6) is 0 Å². The van der Waals surface area contributed by atoms with Gasteiger partial charge in [0.25, 0.3) is 0 Å². The first-order valence-electron chi connectivity index (χ1n) is 7.25. The summed E-state index contributed by atoms with van der Waals surface area (Å²) >= 11 is 0. The summed E-state index contributed by atoms with van der Waals surface area (Å²) < 4.78 is 98.0. The van der Waals surface area contributed by atoms with Crippen LogP contribution in [0.15, 0.2) is 17.1 Å². The highest BCUT2D eigenvalue weighted by atomic mass is 19.2. The summed E-state index contributed by atoms with van der Waals surface area (Å²) in [6.45, 7) is 0. The largest absolute Gasteiger partial charge is 0.477 e. The van der Waals surface area contributed by atoms with Crippen molar-refractivity contribution < 1.29 is 40.6 Å². The molecule has 148 valence electrons. The standard InChI is InChI=1S/C17H3F7N2O3/c18-7-1-4-14(13(24)10(7)21)26(3-6(16(4)27)17(28)29)15-11(22)8(19)5(2-25)9(20)12(15)23/h1,3H,(H,28,29). The molecule has 0 bridgehead atoms. The van der Waals surface area contributed by atoms with Crippen molar-refractivity contribution in [3.05, 3.63) is 74.3 Å². The van der Waals surface area contributed by atoms with E-state index in [1.165, 1.54) is 0 Å². The number of carboxylic acids is 1. The van der Waals surface area contributed by atoms with Gasteiger partial charge in [0.2, 0.25) is 5.43 Å². The quantitative estimate of drug-likeness (QED) is 0.394. The van der Waals surface area contributed by atoms with Crippen LogP contribution in [0.25, 0.3) is 16.6 Å². The topological polar surface area (TPSA) is 83.1 Å². The molecule has 0 saturated heterocycles. The van der Waals surface area contributed by atoms with Crippen molar-refractivity contribution in [1.29, 1.82) is 5.26 Å². The monoisotopic (exact) mass is 416 g/mol. The van der Waals surface area contributed by atoms with E-state index in [0.29, 0.717) is 0 Å². The number of carboxylic acid groups (broad SMARTS) is 1. The Hall–Kier alpha value is -3.88. The fourth-order valence-corrected chi connectivity index (χ4v) is 2.65. The molecule has 0 atom stereocenters. The minimum Gasteiger partial charge on any atom is -0.477 e. The number of aromatic nitrogens is 1. The van der Waals surface area contributed by atoms with Crippen LogP contribution in [0.4, 0.5) is 30.7 Å². The normalized spacial score (nSPS) is 11.0. The third-order valence-electron chi connectivity index (χ3n) is 3.95. The number of benzene rings is 2. The average molecular weight is 416 g/mol. The SMILES string of the molecule is N#Cc1c(F)c(F)c(-n2cc(C(=O)O)c(=O)c3cc(F)c(F)c(F)c32)c(F)c1F. The first-order chi connectivity index (χ1) is 13.5. The number of rotatable bonds is 2. The van der Waals surface area contributed by atoms with Gasteiger partial charge in [0, 0.05) is 6.20 Å². The van der Waals surface area contributed by atoms with Gasteiger partial charge in [-0.1, -0.05) is 0 Å². The van der Waals surface area contributed by atoms with E-state index in [9.17, 15) is 40.3 Å². The lowest BCUT2D eigenvalue weighted by molar-refractivity contribution is 0.0695. The van der Waals surface area contributed by atoms with Gasteiger partial charge in [-0.15, -0.1) is 0 Å². The van der Waals surface area contributed by atoms with Gasteiger partial charge < -0.3 is 9.67 Å². The Kier molecular flexibility index (Phi) is 4.54. The second-order valence-electron chi connectivity index (χ2n) is 5.52. The molecular formula is C17H3F7N2O3. The fourth-order valence-electron chi connectivity index (χ4n) is 2.65. The van der Waals surface area contributed by atoms with Gasteiger partial charge in [0.05, 0.1) is 10.9 Å². The summed E-state index contributed by atoms with van der Waals surface area (Å²) in [7, 11) is 0. The molecule has 29 heavy (non-hydrogen) atoms. The Labute approximate surface area is 154 Å². The van der Waals surface area contributed by atoms with Crippen LogP contribution in [-0.2, 0) is 0 Å². The van der Waals surface area contributed by atoms with Crippen molar-refractivity contribution in [3.63, 3.8) is 0 Å². The van der Waals surface area contributed by atoms with Crippen LogP contribution < -0.4 is 5.43 Å². The van der Waals surface area contributed by atoms with Gasteiger partial charge in [0.15, 0.2) is 40.7 Å². The highest BCUT2D eigenvalue weighted by Crippen LogP contribution is 2.31. The molecule has 0 amide bonds. The van der Waals surface area contributed by atoms with Crippen LogP contribution in [-0.4, -0.2) is 15.6 Å². The molecule has 0 spiro atoms. The molecule has 1 heterocycles. The number of aromatic carboxylic acids is 1. The molecule has 1 N–H and O–H groups in total. The molecule has 12 heteroatoms. The van der Waals surface area contributed by atoms with E-state index < -0.39 is 79.8 Å². The Morgan fingerprint density at radius 2 is 1.48 bits per heavy atom. The molecule has 2 aromatic carbocycles. The first-order valence-corrected chi connectivity index (χ1v) is 7.25. The first kappa shape index (κ1) is 19.9. The van der Waals surface area contributed by atoms with Crippen LogP contribution in [0, 0.1) is 52.1 Å². The third kappa shape index (κ3) is 2.70. The Morgan fingerprint density at radius 1 is 0.931 bits per heavy atom. The molecule has 1 aromatic heterocycles. The number of carbonyl (C=O) groups is 1. The fraction of sp³-hybridized carbons (Fsp3) is 0. The summed E-state index contributed by atoms with van der Waals surface area (Å²) in [5.41, 5.74) is -7.72. The predicted octanol–water partition coefficient (Wildman–Crippen LogP) is 3.53. The van der Waals surface area contributed by atoms with Gasteiger partial charge in [0.1, 0.15) is 22.9 Å². The molecule has 3 rings (SSSR count). The second kappa shape index (κ2) is 6.62. The van der Waals surface area contributed by atoms with Crippen molar-refractivity contribution in [1.82, 2.24) is 4.57 Å². The van der Waals surface area contributed by atoms with Gasteiger partial charge in [-0.3, -0.25) is 4.79 Å². The van der Waals surface area contributed by atoms with E-state index >= 15 is 0 Å². The number of hydrogen-bond donors (Lipinski definition) is 1. The average Bonchev–Trinajstić information content (AvgIpc) is 2.66. The summed E-state index contributed by atoms with van der Waals surface area (Å²) in [5.74, 6) is -17.3. The lowest BCUT2D eigenvalue weighted by atomic mass is 10.1. The predicted molar refractivity (Wildman–Crippen MR) is 80.9 cm³/mol. The van der Waals surface area contributed by atoms with Gasteiger partial charge in [-0.2, -0.15) is 5.26 Å². The minimum atomic E-state index is -2.27. The van der Waals surface area contributed by atoms with Crippen molar-refractivity contribution in [3.8, 4) is 11.8 Å². The maximum Gasteiger partial charge on any atom is 0.341 e.